The van der Waals surface area contributed by atoms with Crippen LogP contribution in [-0.2, 0) is 0 Å². The quantitative estimate of drug-likeness (QED) is 0.159. The summed E-state index contributed by atoms with van der Waals surface area (Å²) in [5.74, 6) is 0.666. The third-order valence-corrected chi connectivity index (χ3v) is 11.1. The van der Waals surface area contributed by atoms with Gasteiger partial charge in [-0.3, -0.25) is 9.97 Å². The number of aromatic nitrogens is 4. The molecule has 0 aliphatic carbocycles. The fraction of sp³-hybridized carbons (Fsp3) is 0. The van der Waals surface area contributed by atoms with Gasteiger partial charge in [-0.2, -0.15) is 0 Å². The second-order valence-electron chi connectivity index (χ2n) is 14.7. The number of fused-ring (bicyclic) bond motifs is 4. The Kier molecular flexibility index (Phi) is 8.11. The first-order chi connectivity index (χ1) is 28.7. The molecule has 0 aliphatic heterocycles. The predicted molar refractivity (Wildman–Crippen MR) is 240 cm³/mol. The number of hydrogen-bond acceptors (Lipinski definition) is 4. The van der Waals surface area contributed by atoms with Crippen LogP contribution in [0, 0.1) is 0 Å². The van der Waals surface area contributed by atoms with Crippen molar-refractivity contribution in [2.45, 2.75) is 0 Å². The van der Waals surface area contributed by atoms with E-state index in [9.17, 15) is 0 Å². The van der Waals surface area contributed by atoms with Crippen LogP contribution in [0.25, 0.3) is 111 Å². The molecule has 0 fully saturated rings. The molecule has 58 heavy (non-hydrogen) atoms. The van der Waals surface area contributed by atoms with Crippen LogP contribution in [-0.4, -0.2) is 19.9 Å². The Morgan fingerprint density at radius 2 is 0.707 bits per heavy atom. The number of pyridine rings is 2. The second kappa shape index (κ2) is 14.0. The zero-order chi connectivity index (χ0) is 38.4. The van der Waals surface area contributed by atoms with Gasteiger partial charge in [-0.05, 0) is 74.1 Å². The average Bonchev–Trinajstić information content (AvgIpc) is 3.30. The van der Waals surface area contributed by atoms with E-state index < -0.39 is 0 Å². The number of rotatable bonds is 6. The minimum atomic E-state index is 0.666. The molecule has 8 aromatic carbocycles. The summed E-state index contributed by atoms with van der Waals surface area (Å²) in [5.41, 5.74) is 13.5. The minimum absolute atomic E-state index is 0.666. The highest BCUT2D eigenvalue weighted by atomic mass is 14.9. The minimum Gasteiger partial charge on any atom is -0.256 e. The van der Waals surface area contributed by atoms with E-state index in [0.29, 0.717) is 5.82 Å². The molecule has 4 nitrogen and oxygen atoms in total. The van der Waals surface area contributed by atoms with Gasteiger partial charge in [0.25, 0.3) is 0 Å². The van der Waals surface area contributed by atoms with Gasteiger partial charge in [0.1, 0.15) is 0 Å². The number of benzene rings is 8. The van der Waals surface area contributed by atoms with Crippen molar-refractivity contribution in [3.8, 4) is 67.3 Å². The summed E-state index contributed by atoms with van der Waals surface area (Å²) in [7, 11) is 0. The highest BCUT2D eigenvalue weighted by Gasteiger charge is 2.19. The second-order valence-corrected chi connectivity index (χ2v) is 14.7. The maximum Gasteiger partial charge on any atom is 0.160 e. The number of para-hydroxylation sites is 2. The van der Waals surface area contributed by atoms with Crippen LogP contribution >= 0.6 is 0 Å². The monoisotopic (exact) mass is 738 g/mol. The fourth-order valence-corrected chi connectivity index (χ4v) is 8.28. The Morgan fingerprint density at radius 3 is 1.26 bits per heavy atom. The molecule has 0 spiro atoms. The molecule has 11 rings (SSSR count). The molecular weight excluding hydrogens is 705 g/mol. The lowest BCUT2D eigenvalue weighted by molar-refractivity contribution is 1.19. The molecule has 0 atom stereocenters. The third kappa shape index (κ3) is 5.96. The zero-order valence-electron chi connectivity index (χ0n) is 31.4. The van der Waals surface area contributed by atoms with Crippen LogP contribution in [0.3, 0.4) is 0 Å². The lowest BCUT2D eigenvalue weighted by Crippen LogP contribution is -1.98. The Hall–Kier alpha value is -7.82. The van der Waals surface area contributed by atoms with Crippen molar-refractivity contribution < 1.29 is 0 Å². The van der Waals surface area contributed by atoms with Crippen molar-refractivity contribution in [2.24, 2.45) is 0 Å². The van der Waals surface area contributed by atoms with Gasteiger partial charge in [0.05, 0.1) is 22.4 Å². The van der Waals surface area contributed by atoms with Crippen LogP contribution in [0.1, 0.15) is 0 Å². The van der Waals surface area contributed by atoms with E-state index in [2.05, 4.69) is 170 Å². The van der Waals surface area contributed by atoms with Crippen LogP contribution < -0.4 is 0 Å². The summed E-state index contributed by atoms with van der Waals surface area (Å²) in [6, 6.07) is 68.3. The normalized spacial score (nSPS) is 11.4. The lowest BCUT2D eigenvalue weighted by atomic mass is 9.87. The first kappa shape index (κ1) is 33.5. The predicted octanol–water partition coefficient (Wildman–Crippen LogP) is 13.9. The van der Waals surface area contributed by atoms with E-state index in [1.807, 2.05) is 36.7 Å². The number of hydrogen-bond donors (Lipinski definition) is 0. The van der Waals surface area contributed by atoms with Gasteiger partial charge >= 0.3 is 0 Å². The van der Waals surface area contributed by atoms with Crippen molar-refractivity contribution in [2.75, 3.05) is 0 Å². The van der Waals surface area contributed by atoms with Crippen molar-refractivity contribution in [1.82, 2.24) is 19.9 Å². The van der Waals surface area contributed by atoms with E-state index in [4.69, 9.17) is 19.9 Å². The van der Waals surface area contributed by atoms with Crippen LogP contribution in [0.5, 0.6) is 0 Å². The molecule has 0 saturated carbocycles. The summed E-state index contributed by atoms with van der Waals surface area (Å²) in [5, 5.41) is 6.90. The van der Waals surface area contributed by atoms with Crippen molar-refractivity contribution in [3.05, 3.63) is 207 Å². The molecule has 0 amide bonds. The van der Waals surface area contributed by atoms with Gasteiger partial charge in [-0.25, -0.2) is 9.97 Å². The van der Waals surface area contributed by atoms with E-state index in [1.165, 1.54) is 21.9 Å². The summed E-state index contributed by atoms with van der Waals surface area (Å²) in [6.45, 7) is 0. The maximum absolute atomic E-state index is 5.41. The molecule has 0 N–H and O–H groups in total. The van der Waals surface area contributed by atoms with E-state index in [0.717, 1.165) is 82.9 Å². The van der Waals surface area contributed by atoms with Crippen molar-refractivity contribution in [1.29, 1.82) is 0 Å². The summed E-state index contributed by atoms with van der Waals surface area (Å²) in [4.78, 5) is 20.1. The summed E-state index contributed by atoms with van der Waals surface area (Å²) < 4.78 is 0. The Bertz CT molecular complexity index is 3120. The third-order valence-electron chi connectivity index (χ3n) is 11.1. The summed E-state index contributed by atoms with van der Waals surface area (Å²) in [6.07, 6.45) is 3.89. The van der Waals surface area contributed by atoms with Gasteiger partial charge < -0.3 is 0 Å². The molecule has 0 bridgehead atoms. The first-order valence-corrected chi connectivity index (χ1v) is 19.5. The molecule has 4 heteroatoms. The largest absolute Gasteiger partial charge is 0.256 e. The molecule has 0 aliphatic rings. The molecule has 0 saturated heterocycles. The number of nitrogens with zero attached hydrogens (tertiary/aromatic N) is 4. The van der Waals surface area contributed by atoms with Crippen LogP contribution in [0.4, 0.5) is 0 Å². The maximum atomic E-state index is 5.41. The van der Waals surface area contributed by atoms with Crippen molar-refractivity contribution in [3.63, 3.8) is 0 Å². The highest BCUT2D eigenvalue weighted by Crippen LogP contribution is 2.44. The summed E-state index contributed by atoms with van der Waals surface area (Å²) >= 11 is 0. The van der Waals surface area contributed by atoms with Gasteiger partial charge in [0, 0.05) is 51.0 Å². The van der Waals surface area contributed by atoms with Gasteiger partial charge in [0.15, 0.2) is 5.82 Å². The fourth-order valence-electron chi connectivity index (χ4n) is 8.28. The molecular formula is C54H34N4. The van der Waals surface area contributed by atoms with Crippen LogP contribution in [0.15, 0.2) is 207 Å². The Labute approximate surface area is 335 Å². The SMILES string of the molecule is c1ccc(-c2c3ccccc3c(-c3cc(-c4ccc(-c5cnc6ccccc6c5)cc4)nc(-c4ccc(-c5cnc6ccccc6c5)cc4)n3)c3ccccc23)cc1. The van der Waals surface area contributed by atoms with Crippen LogP contribution in [0.2, 0.25) is 0 Å². The van der Waals surface area contributed by atoms with Crippen molar-refractivity contribution >= 4 is 43.4 Å². The zero-order valence-corrected chi connectivity index (χ0v) is 31.4. The molecule has 270 valence electrons. The van der Waals surface area contributed by atoms with E-state index in [1.54, 1.807) is 0 Å². The molecule has 0 radical (unpaired) electrons. The molecule has 3 heterocycles. The Morgan fingerprint density at radius 1 is 0.276 bits per heavy atom. The standard InChI is InChI=1S/C54H34N4/c1-2-12-38(13-3-1)52-44-16-6-8-18-46(44)53(47-19-9-7-17-45(47)52)51-32-50(37-26-22-35(23-27-37)42-30-40-14-4-10-20-48(40)55-33-42)57-54(58-51)39-28-24-36(25-29-39)43-31-41-15-5-11-21-49(41)56-34-43/h1-34H. The molecule has 0 unspecified atom stereocenters. The van der Waals surface area contributed by atoms with E-state index >= 15 is 0 Å². The molecule has 11 aromatic rings. The first-order valence-electron chi connectivity index (χ1n) is 19.5. The molecule has 3 aromatic heterocycles. The van der Waals surface area contributed by atoms with E-state index in [-0.39, 0.29) is 0 Å². The topological polar surface area (TPSA) is 51.6 Å². The lowest BCUT2D eigenvalue weighted by Gasteiger charge is -2.18. The smallest absolute Gasteiger partial charge is 0.160 e. The van der Waals surface area contributed by atoms with Gasteiger partial charge in [-0.15, -0.1) is 0 Å². The highest BCUT2D eigenvalue weighted by molar-refractivity contribution is 6.21. The van der Waals surface area contributed by atoms with Gasteiger partial charge in [-0.1, -0.05) is 164 Å². The average molecular weight is 739 g/mol. The van der Waals surface area contributed by atoms with Gasteiger partial charge in [0.2, 0.25) is 0 Å². The Balaban J connectivity index is 1.09.